The molecule has 1 N–H and O–H groups in total. The number of nitrogens with one attached hydrogen (secondary N) is 1. The Morgan fingerprint density at radius 3 is 2.59 bits per heavy atom. The van der Waals surface area contributed by atoms with E-state index in [9.17, 15) is 14.4 Å². The van der Waals surface area contributed by atoms with Crippen molar-refractivity contribution >= 4 is 52.2 Å². The maximum absolute atomic E-state index is 12.7. The van der Waals surface area contributed by atoms with Crippen LogP contribution in [0.3, 0.4) is 0 Å². The molecule has 2 aromatic rings. The highest BCUT2D eigenvalue weighted by Gasteiger charge is 2.36. The number of hydrogen-bond acceptors (Lipinski definition) is 6. The van der Waals surface area contributed by atoms with Crippen molar-refractivity contribution in [2.45, 2.75) is 26.9 Å². The molecule has 168 valence electrons. The number of benzene rings is 2. The van der Waals surface area contributed by atoms with Gasteiger partial charge in [-0.25, -0.2) is 0 Å². The first-order valence-corrected chi connectivity index (χ1v) is 11.0. The molecule has 1 fully saturated rings. The molecule has 1 heterocycles. The maximum Gasteiger partial charge on any atom is 0.294 e. The van der Waals surface area contributed by atoms with Crippen molar-refractivity contribution in [2.75, 3.05) is 19.0 Å². The molecule has 0 aromatic heterocycles. The number of anilines is 1. The van der Waals surface area contributed by atoms with Crippen LogP contribution < -0.4 is 14.8 Å². The number of amides is 3. The van der Waals surface area contributed by atoms with Gasteiger partial charge in [0.1, 0.15) is 6.54 Å². The average molecular weight is 475 g/mol. The van der Waals surface area contributed by atoms with Gasteiger partial charge in [0.25, 0.3) is 11.1 Å². The normalized spacial score (nSPS) is 14.9. The third-order valence-corrected chi connectivity index (χ3v) is 5.79. The maximum atomic E-state index is 12.7. The molecule has 7 nitrogen and oxygen atoms in total. The summed E-state index contributed by atoms with van der Waals surface area (Å²) in [5, 5.41) is 2.65. The molecule has 0 aliphatic carbocycles. The van der Waals surface area contributed by atoms with E-state index in [1.165, 1.54) is 7.11 Å². The molecule has 1 aliphatic rings. The summed E-state index contributed by atoms with van der Waals surface area (Å²) in [4.78, 5) is 38.6. The highest BCUT2D eigenvalue weighted by molar-refractivity contribution is 8.18. The van der Waals surface area contributed by atoms with E-state index in [1.54, 1.807) is 42.5 Å². The van der Waals surface area contributed by atoms with Gasteiger partial charge in [-0.15, -0.1) is 0 Å². The fourth-order valence-corrected chi connectivity index (χ4v) is 3.95. The first kappa shape index (κ1) is 23.7. The minimum absolute atomic E-state index is 0.0201. The Morgan fingerprint density at radius 2 is 1.94 bits per heavy atom. The molecule has 1 saturated heterocycles. The second kappa shape index (κ2) is 10.1. The number of rotatable bonds is 7. The van der Waals surface area contributed by atoms with Crippen LogP contribution in [0.4, 0.5) is 10.5 Å². The van der Waals surface area contributed by atoms with Crippen molar-refractivity contribution in [3.63, 3.8) is 0 Å². The Morgan fingerprint density at radius 1 is 1.19 bits per heavy atom. The average Bonchev–Trinajstić information content (AvgIpc) is 2.98. The lowest BCUT2D eigenvalue weighted by molar-refractivity contribution is -0.127. The Labute approximate surface area is 195 Å². The molecule has 1 aliphatic heterocycles. The third-order valence-electron chi connectivity index (χ3n) is 4.48. The fraction of sp³-hybridized carbons (Fsp3) is 0.261. The SMILES string of the molecule is COc1cc(/C=C2\SC(=O)N(CC(=O)Nc3ccc(C)c(Cl)c3)C2=O)ccc1OC(C)C. The highest BCUT2D eigenvalue weighted by atomic mass is 35.5. The summed E-state index contributed by atoms with van der Waals surface area (Å²) in [6.07, 6.45) is 1.57. The monoisotopic (exact) mass is 474 g/mol. The number of hydrogen-bond donors (Lipinski definition) is 1. The predicted molar refractivity (Wildman–Crippen MR) is 126 cm³/mol. The van der Waals surface area contributed by atoms with Crippen LogP contribution in [0.25, 0.3) is 6.08 Å². The topological polar surface area (TPSA) is 84.9 Å². The van der Waals surface area contributed by atoms with Crippen molar-refractivity contribution in [1.29, 1.82) is 0 Å². The number of ether oxygens (including phenoxy) is 2. The second-order valence-electron chi connectivity index (χ2n) is 7.36. The van der Waals surface area contributed by atoms with Gasteiger partial charge >= 0.3 is 0 Å². The number of halogens is 1. The summed E-state index contributed by atoms with van der Waals surface area (Å²) in [5.41, 5.74) is 2.03. The van der Waals surface area contributed by atoms with Gasteiger partial charge in [-0.1, -0.05) is 23.7 Å². The lowest BCUT2D eigenvalue weighted by Gasteiger charge is -2.14. The minimum Gasteiger partial charge on any atom is -0.493 e. The lowest BCUT2D eigenvalue weighted by atomic mass is 10.2. The van der Waals surface area contributed by atoms with E-state index >= 15 is 0 Å². The van der Waals surface area contributed by atoms with Crippen LogP contribution in [0.5, 0.6) is 11.5 Å². The standard InChI is InChI=1S/C23H23ClN2O5S/c1-13(2)31-18-8-6-15(9-19(18)30-4)10-20-22(28)26(23(29)32-20)12-21(27)25-16-7-5-14(3)17(24)11-16/h5-11,13H,12H2,1-4H3,(H,25,27)/b20-10-. The number of methoxy groups -OCH3 is 1. The molecule has 0 spiro atoms. The number of thioether (sulfide) groups is 1. The minimum atomic E-state index is -0.529. The number of imide groups is 1. The van der Waals surface area contributed by atoms with Crippen LogP contribution in [0.2, 0.25) is 5.02 Å². The highest BCUT2D eigenvalue weighted by Crippen LogP contribution is 2.34. The molecular formula is C23H23ClN2O5S. The van der Waals surface area contributed by atoms with E-state index < -0.39 is 23.6 Å². The molecule has 0 radical (unpaired) electrons. The van der Waals surface area contributed by atoms with Gasteiger partial charge in [0.05, 0.1) is 18.1 Å². The fourth-order valence-electron chi connectivity index (χ4n) is 2.93. The van der Waals surface area contributed by atoms with E-state index in [1.807, 2.05) is 20.8 Å². The van der Waals surface area contributed by atoms with Crippen LogP contribution in [0, 0.1) is 6.92 Å². The Balaban J connectivity index is 1.71. The van der Waals surface area contributed by atoms with E-state index in [2.05, 4.69) is 5.32 Å². The summed E-state index contributed by atoms with van der Waals surface area (Å²) in [7, 11) is 1.53. The molecule has 0 unspecified atom stereocenters. The van der Waals surface area contributed by atoms with Crippen LogP contribution in [0.15, 0.2) is 41.3 Å². The zero-order valence-corrected chi connectivity index (χ0v) is 19.7. The largest absolute Gasteiger partial charge is 0.493 e. The zero-order chi connectivity index (χ0) is 23.4. The smallest absolute Gasteiger partial charge is 0.294 e. The Hall–Kier alpha value is -2.97. The Bertz CT molecular complexity index is 1100. The molecule has 3 amide bonds. The summed E-state index contributed by atoms with van der Waals surface area (Å²) in [6.45, 7) is 5.28. The van der Waals surface area contributed by atoms with Gasteiger partial charge in [-0.2, -0.15) is 0 Å². The van der Waals surface area contributed by atoms with Crippen molar-refractivity contribution < 1.29 is 23.9 Å². The number of nitrogens with zero attached hydrogens (tertiary/aromatic N) is 1. The summed E-state index contributed by atoms with van der Waals surface area (Å²) >= 11 is 6.85. The molecule has 0 saturated carbocycles. The number of aryl methyl sites for hydroxylation is 1. The second-order valence-corrected chi connectivity index (χ2v) is 8.76. The van der Waals surface area contributed by atoms with Crippen molar-refractivity contribution in [2.24, 2.45) is 0 Å². The summed E-state index contributed by atoms with van der Waals surface area (Å²) in [5.74, 6) is 0.0762. The number of carbonyl (C=O) groups is 3. The van der Waals surface area contributed by atoms with Crippen molar-refractivity contribution in [1.82, 2.24) is 4.90 Å². The van der Waals surface area contributed by atoms with E-state index in [0.717, 1.165) is 22.2 Å². The predicted octanol–water partition coefficient (Wildman–Crippen LogP) is 5.12. The van der Waals surface area contributed by atoms with Gasteiger partial charge in [-0.05, 0) is 74.0 Å². The summed E-state index contributed by atoms with van der Waals surface area (Å²) in [6, 6.07) is 10.3. The lowest BCUT2D eigenvalue weighted by Crippen LogP contribution is -2.36. The van der Waals surface area contributed by atoms with E-state index in [0.29, 0.717) is 27.8 Å². The first-order valence-electron chi connectivity index (χ1n) is 9.84. The van der Waals surface area contributed by atoms with Crippen LogP contribution in [0.1, 0.15) is 25.0 Å². The van der Waals surface area contributed by atoms with Crippen LogP contribution in [-0.4, -0.2) is 41.7 Å². The van der Waals surface area contributed by atoms with Gasteiger partial charge in [0.15, 0.2) is 11.5 Å². The van der Waals surface area contributed by atoms with Gasteiger partial charge in [0, 0.05) is 10.7 Å². The number of carbonyl (C=O) groups excluding carboxylic acids is 3. The zero-order valence-electron chi connectivity index (χ0n) is 18.1. The van der Waals surface area contributed by atoms with E-state index in [-0.39, 0.29) is 11.0 Å². The molecular weight excluding hydrogens is 452 g/mol. The van der Waals surface area contributed by atoms with Gasteiger partial charge in [-0.3, -0.25) is 19.3 Å². The summed E-state index contributed by atoms with van der Waals surface area (Å²) < 4.78 is 11.0. The first-order chi connectivity index (χ1) is 15.2. The van der Waals surface area contributed by atoms with Crippen molar-refractivity contribution in [3.05, 3.63) is 57.5 Å². The quantitative estimate of drug-likeness (QED) is 0.560. The molecule has 0 atom stereocenters. The molecule has 32 heavy (non-hydrogen) atoms. The Kier molecular flexibility index (Phi) is 7.48. The molecule has 9 heteroatoms. The molecule has 2 aromatic carbocycles. The van der Waals surface area contributed by atoms with Crippen LogP contribution >= 0.6 is 23.4 Å². The van der Waals surface area contributed by atoms with Crippen molar-refractivity contribution in [3.8, 4) is 11.5 Å². The third kappa shape index (κ3) is 5.63. The van der Waals surface area contributed by atoms with E-state index in [4.69, 9.17) is 21.1 Å². The van der Waals surface area contributed by atoms with Gasteiger partial charge < -0.3 is 14.8 Å². The van der Waals surface area contributed by atoms with Gasteiger partial charge in [0.2, 0.25) is 5.91 Å². The van der Waals surface area contributed by atoms with Crippen LogP contribution in [-0.2, 0) is 9.59 Å². The molecule has 0 bridgehead atoms. The molecule has 3 rings (SSSR count).